The molecule has 0 aromatic heterocycles. The second-order valence-electron chi connectivity index (χ2n) is 24.2. The van der Waals surface area contributed by atoms with E-state index in [0.29, 0.717) is 0 Å². The Morgan fingerprint density at radius 2 is 0.613 bits per heavy atom. The Morgan fingerprint density at radius 1 is 0.226 bits per heavy atom. The van der Waals surface area contributed by atoms with Gasteiger partial charge in [-0.1, -0.05) is 381 Å². The van der Waals surface area contributed by atoms with E-state index in [1.165, 1.54) is 122 Å². The molecule has 0 unspecified atom stereocenters. The minimum atomic E-state index is 0.151. The van der Waals surface area contributed by atoms with Crippen LogP contribution in [0.25, 0.3) is 66.1 Å². The molecule has 1 heteroatoms. The Labute approximate surface area is 556 Å². The third-order valence-corrected chi connectivity index (χ3v) is 16.4. The molecule has 0 saturated carbocycles. The first-order valence-electron chi connectivity index (χ1n) is 32.2. The van der Waals surface area contributed by atoms with Crippen LogP contribution in [0, 0.1) is 55.4 Å². The first-order chi connectivity index (χ1) is 45.2. The van der Waals surface area contributed by atoms with Crippen LogP contribution in [-0.4, -0.2) is 7.11 Å². The highest BCUT2D eigenvalue weighted by Gasteiger charge is 2.34. The van der Waals surface area contributed by atoms with E-state index in [1.807, 2.05) is 60.7 Å². The summed E-state index contributed by atoms with van der Waals surface area (Å²) < 4.78 is 4.97. The smallest absolute Gasteiger partial charge is 0.118 e. The zero-order chi connectivity index (χ0) is 65.8. The molecule has 0 saturated heterocycles. The van der Waals surface area contributed by atoms with Gasteiger partial charge in [0.1, 0.15) is 5.75 Å². The number of hydrogen-bond acceptors (Lipinski definition) is 1. The van der Waals surface area contributed by atoms with Crippen molar-refractivity contribution < 1.29 is 4.74 Å². The van der Waals surface area contributed by atoms with Gasteiger partial charge >= 0.3 is 0 Å². The number of methoxy groups -OCH3 is 1. The van der Waals surface area contributed by atoms with Gasteiger partial charge in [0, 0.05) is 5.41 Å². The van der Waals surface area contributed by atoms with E-state index in [4.69, 9.17) is 4.74 Å². The summed E-state index contributed by atoms with van der Waals surface area (Å²) in [6.07, 6.45) is 0. The van der Waals surface area contributed by atoms with Crippen molar-refractivity contribution >= 4 is 21.5 Å². The quantitative estimate of drug-likeness (QED) is 0.171. The summed E-state index contributed by atoms with van der Waals surface area (Å²) in [5, 5.41) is 5.33. The van der Waals surface area contributed by atoms with Gasteiger partial charge in [-0.3, -0.25) is 0 Å². The van der Waals surface area contributed by atoms with Gasteiger partial charge in [-0.2, -0.15) is 0 Å². The topological polar surface area (TPSA) is 9.23 Å². The molecule has 1 nitrogen and oxygen atoms in total. The van der Waals surface area contributed by atoms with Gasteiger partial charge in [-0.25, -0.2) is 0 Å². The van der Waals surface area contributed by atoms with Gasteiger partial charge in [0.15, 0.2) is 0 Å². The van der Waals surface area contributed by atoms with Crippen molar-refractivity contribution in [1.29, 1.82) is 0 Å². The molecule has 0 amide bonds. The fourth-order valence-electron chi connectivity index (χ4n) is 11.1. The van der Waals surface area contributed by atoms with Gasteiger partial charge in [-0.15, -0.1) is 0 Å². The predicted octanol–water partition coefficient (Wildman–Crippen LogP) is 25.6. The summed E-state index contributed by atoms with van der Waals surface area (Å²) in [4.78, 5) is 0. The van der Waals surface area contributed by atoms with E-state index in [2.05, 4.69) is 354 Å². The van der Waals surface area contributed by atoms with Crippen molar-refractivity contribution in [3.05, 3.63) is 401 Å². The molecule has 0 radical (unpaired) electrons. The van der Waals surface area contributed by atoms with Crippen LogP contribution in [0.2, 0.25) is 0 Å². The first kappa shape index (κ1) is 68.3. The lowest BCUT2D eigenvalue weighted by molar-refractivity contribution is 0.414. The lowest BCUT2D eigenvalue weighted by Crippen LogP contribution is -2.14. The van der Waals surface area contributed by atoms with Crippen molar-refractivity contribution in [1.82, 2.24) is 0 Å². The van der Waals surface area contributed by atoms with Crippen molar-refractivity contribution in [3.63, 3.8) is 0 Å². The normalized spacial score (nSPS) is 10.8. The number of ether oxygens (including phenoxy) is 1. The van der Waals surface area contributed by atoms with Crippen molar-refractivity contribution in [2.24, 2.45) is 0 Å². The molecule has 0 bridgehead atoms. The number of rotatable bonds is 4. The van der Waals surface area contributed by atoms with Gasteiger partial charge in [0.05, 0.1) is 7.11 Å². The second kappa shape index (κ2) is 35.1. The Bertz CT molecular complexity index is 4480. The van der Waals surface area contributed by atoms with E-state index in [9.17, 15) is 0 Å². The molecular formula is C92H90O. The maximum absolute atomic E-state index is 4.97. The monoisotopic (exact) mass is 1210 g/mol. The minimum absolute atomic E-state index is 0.151. The van der Waals surface area contributed by atoms with Crippen LogP contribution in [0.5, 0.6) is 5.75 Å². The summed E-state index contributed by atoms with van der Waals surface area (Å²) in [5.74, 6) is 0.917. The molecule has 14 aromatic rings. The number of fused-ring (bicyclic) bond motifs is 5. The third kappa shape index (κ3) is 20.7. The summed E-state index contributed by atoms with van der Waals surface area (Å²) in [7, 11) is 1.67. The van der Waals surface area contributed by atoms with Crippen LogP contribution in [-0.2, 0) is 5.41 Å². The van der Waals surface area contributed by atoms with E-state index in [1.54, 1.807) is 7.11 Å². The van der Waals surface area contributed by atoms with Crippen LogP contribution >= 0.6 is 0 Å². The molecule has 1 aliphatic rings. The average molecular weight is 1210 g/mol. The zero-order valence-electron chi connectivity index (χ0n) is 56.3. The summed E-state index contributed by atoms with van der Waals surface area (Å²) in [6, 6.07) is 120. The Morgan fingerprint density at radius 3 is 1.19 bits per heavy atom. The highest BCUT2D eigenvalue weighted by Crippen LogP contribution is 2.48. The molecule has 0 aliphatic heterocycles. The summed E-state index contributed by atoms with van der Waals surface area (Å²) in [5.41, 5.74) is 24.2. The van der Waals surface area contributed by atoms with E-state index < -0.39 is 0 Å². The molecule has 0 atom stereocenters. The highest BCUT2D eigenvalue weighted by molar-refractivity contribution is 5.86. The van der Waals surface area contributed by atoms with Crippen LogP contribution in [0.15, 0.2) is 346 Å². The summed E-state index contributed by atoms with van der Waals surface area (Å²) >= 11 is 0. The van der Waals surface area contributed by atoms with Gasteiger partial charge < -0.3 is 4.74 Å². The third-order valence-electron chi connectivity index (χ3n) is 16.4. The maximum atomic E-state index is 4.97. The lowest BCUT2D eigenvalue weighted by Gasteiger charge is -2.21. The van der Waals surface area contributed by atoms with Gasteiger partial charge in [-0.05, 0) is 156 Å². The number of benzene rings is 14. The molecule has 0 heterocycles. The molecule has 464 valence electrons. The number of hydrogen-bond donors (Lipinski definition) is 0. The van der Waals surface area contributed by atoms with Crippen LogP contribution in [0.1, 0.15) is 69.5 Å². The van der Waals surface area contributed by atoms with Crippen LogP contribution in [0.4, 0.5) is 0 Å². The van der Waals surface area contributed by atoms with Crippen LogP contribution < -0.4 is 4.74 Å². The van der Waals surface area contributed by atoms with Gasteiger partial charge in [0.25, 0.3) is 0 Å². The molecule has 1 aliphatic carbocycles. The molecule has 0 fully saturated rings. The standard InChI is InChI=1S/C16H16.3C13H12.2C11H10.C8H10O.C7H8/c1-11-8-9-13-12-6-4-5-7-14(12)16(2,3)15(13)10-11;1-11-7-5-6-10-13(11)12-8-3-2-4-9-12;1-11-6-5-9-13(10-11)12-7-3-2-4-8-12;1-11-7-9-13(10-8-11)12-5-3-2-4-6-12;1-9-5-4-7-10-6-2-3-8-11(9)10;1-9-6-7-10-4-2-3-5-11(10)8-9;1-7-3-5-8(9-2)6-4-7;1-7-5-3-2-4-6-7/h4-10H,1-3H3;3*2-10H,1H3;2*2-8H,1H3;3-6H,1-2H3;2-6H,1H3. The maximum Gasteiger partial charge on any atom is 0.118 e. The van der Waals surface area contributed by atoms with E-state index in [-0.39, 0.29) is 5.41 Å². The highest BCUT2D eigenvalue weighted by atomic mass is 16.5. The molecular weight excluding hydrogens is 1120 g/mol. The zero-order valence-corrected chi connectivity index (χ0v) is 56.3. The minimum Gasteiger partial charge on any atom is -0.497 e. The molecule has 0 spiro atoms. The van der Waals surface area contributed by atoms with Crippen molar-refractivity contribution in [2.45, 2.75) is 74.7 Å². The average Bonchev–Trinajstić information content (AvgIpc) is 1.59. The van der Waals surface area contributed by atoms with E-state index in [0.717, 1.165) is 5.75 Å². The molecule has 14 aromatic carbocycles. The molecule has 93 heavy (non-hydrogen) atoms. The van der Waals surface area contributed by atoms with Gasteiger partial charge in [0.2, 0.25) is 0 Å². The summed E-state index contributed by atoms with van der Waals surface area (Å²) in [6.45, 7) is 21.6. The predicted molar refractivity (Wildman–Crippen MR) is 405 cm³/mol. The van der Waals surface area contributed by atoms with Crippen LogP contribution in [0.3, 0.4) is 0 Å². The molecule has 15 rings (SSSR count). The Kier molecular flexibility index (Phi) is 25.8. The SMILES string of the molecule is COc1ccc(C)cc1.Cc1ccc(-c2ccccc2)cc1.Cc1ccc2c(c1)C(C)(C)c1ccccc1-2.Cc1ccc2ccccc2c1.Cc1cccc(-c2ccccc2)c1.Cc1cccc2ccccc12.Cc1ccccc1.Cc1ccccc1-c1ccccc1. The Hall–Kier alpha value is -10.6. The fourth-order valence-corrected chi connectivity index (χ4v) is 11.1. The second-order valence-corrected chi connectivity index (χ2v) is 24.2. The van der Waals surface area contributed by atoms with E-state index >= 15 is 0 Å². The Balaban J connectivity index is 0.000000138. The lowest BCUT2D eigenvalue weighted by atomic mass is 9.82. The van der Waals surface area contributed by atoms with Crippen molar-refractivity contribution in [3.8, 4) is 50.3 Å². The fraction of sp³-hybridized carbons (Fsp3) is 0.130. The largest absolute Gasteiger partial charge is 0.497 e. The first-order valence-corrected chi connectivity index (χ1v) is 32.2. The molecule has 0 N–H and O–H groups in total. The van der Waals surface area contributed by atoms with Crippen molar-refractivity contribution in [2.75, 3.05) is 7.11 Å². The number of aryl methyl sites for hydroxylation is 8.